The minimum Gasteiger partial charge on any atom is -0.480 e. The van der Waals surface area contributed by atoms with Gasteiger partial charge in [-0.2, -0.15) is 0 Å². The van der Waals surface area contributed by atoms with Gasteiger partial charge in [0, 0.05) is 30.1 Å². The minimum absolute atomic E-state index is 0.199. The van der Waals surface area contributed by atoms with Gasteiger partial charge in [0.1, 0.15) is 11.6 Å². The Morgan fingerprint density at radius 2 is 1.96 bits per heavy atom. The number of benzene rings is 1. The van der Waals surface area contributed by atoms with Crippen LogP contribution in [0.3, 0.4) is 0 Å². The summed E-state index contributed by atoms with van der Waals surface area (Å²) in [6.07, 6.45) is 0.379. The lowest BCUT2D eigenvalue weighted by Crippen LogP contribution is -2.44. The number of nitrogens with one attached hydrogen (secondary N) is 1. The highest BCUT2D eigenvalue weighted by Crippen LogP contribution is 2.27. The molecule has 26 heavy (non-hydrogen) atoms. The van der Waals surface area contributed by atoms with Crippen molar-refractivity contribution in [2.24, 2.45) is 7.05 Å². The Balaban J connectivity index is 2.35. The van der Waals surface area contributed by atoms with Gasteiger partial charge in [-0.25, -0.2) is 9.59 Å². The van der Waals surface area contributed by atoms with E-state index in [1.165, 1.54) is 5.56 Å². The number of fused-ring (bicyclic) bond motifs is 1. The van der Waals surface area contributed by atoms with Crippen molar-refractivity contribution in [1.29, 1.82) is 0 Å². The molecule has 1 unspecified atom stereocenters. The highest BCUT2D eigenvalue weighted by atomic mass is 16.6. The number of alkyl carbamates (subject to hydrolysis) is 1. The quantitative estimate of drug-likeness (QED) is 0.854. The summed E-state index contributed by atoms with van der Waals surface area (Å²) in [4.78, 5) is 23.7. The number of carboxylic acids is 1. The van der Waals surface area contributed by atoms with Crippen LogP contribution in [0.15, 0.2) is 18.2 Å². The molecule has 1 heterocycles. The normalized spacial score (nSPS) is 12.8. The van der Waals surface area contributed by atoms with Gasteiger partial charge >= 0.3 is 12.1 Å². The second-order valence-electron chi connectivity index (χ2n) is 7.57. The maximum absolute atomic E-state index is 12.0. The molecule has 0 bridgehead atoms. The first-order valence-corrected chi connectivity index (χ1v) is 8.82. The molecule has 1 atom stereocenters. The van der Waals surface area contributed by atoms with Crippen molar-refractivity contribution in [2.75, 3.05) is 0 Å². The molecular weight excluding hydrogens is 332 g/mol. The maximum atomic E-state index is 12.0. The molecule has 0 radical (unpaired) electrons. The van der Waals surface area contributed by atoms with Crippen LogP contribution in [0.1, 0.15) is 44.5 Å². The number of hydrogen-bond donors (Lipinski definition) is 2. The van der Waals surface area contributed by atoms with Gasteiger partial charge < -0.3 is 19.7 Å². The Kier molecular flexibility index (Phi) is 5.64. The fourth-order valence-corrected chi connectivity index (χ4v) is 3.03. The molecule has 2 N–H and O–H groups in total. The lowest BCUT2D eigenvalue weighted by Gasteiger charge is -2.22. The zero-order chi connectivity index (χ0) is 19.6. The van der Waals surface area contributed by atoms with Gasteiger partial charge in [-0.05, 0) is 57.4 Å². The number of carboxylic acid groups (broad SMARTS) is 1. The second-order valence-corrected chi connectivity index (χ2v) is 7.57. The van der Waals surface area contributed by atoms with Crippen LogP contribution in [-0.2, 0) is 29.4 Å². The Morgan fingerprint density at radius 1 is 1.31 bits per heavy atom. The van der Waals surface area contributed by atoms with E-state index in [1.54, 1.807) is 20.8 Å². The van der Waals surface area contributed by atoms with Crippen LogP contribution in [-0.4, -0.2) is 33.4 Å². The van der Waals surface area contributed by atoms with Crippen LogP contribution < -0.4 is 5.32 Å². The van der Waals surface area contributed by atoms with Crippen LogP contribution in [0, 0.1) is 6.92 Å². The van der Waals surface area contributed by atoms with Crippen LogP contribution in [0.4, 0.5) is 4.79 Å². The van der Waals surface area contributed by atoms with Crippen molar-refractivity contribution < 1.29 is 19.4 Å². The summed E-state index contributed by atoms with van der Waals surface area (Å²) in [6, 6.07) is 5.18. The molecule has 1 aromatic carbocycles. The monoisotopic (exact) mass is 360 g/mol. The molecule has 1 aromatic heterocycles. The van der Waals surface area contributed by atoms with Gasteiger partial charge in [-0.15, -0.1) is 0 Å². The molecule has 0 saturated heterocycles. The third-order valence-electron chi connectivity index (χ3n) is 4.49. The van der Waals surface area contributed by atoms with Crippen molar-refractivity contribution in [3.63, 3.8) is 0 Å². The van der Waals surface area contributed by atoms with E-state index in [1.807, 2.05) is 14.0 Å². The Bertz CT molecular complexity index is 830. The van der Waals surface area contributed by atoms with Crippen molar-refractivity contribution in [1.82, 2.24) is 9.88 Å². The number of aliphatic carboxylic acids is 1. The van der Waals surface area contributed by atoms with E-state index in [4.69, 9.17) is 4.74 Å². The lowest BCUT2D eigenvalue weighted by atomic mass is 10.0. The van der Waals surface area contributed by atoms with E-state index >= 15 is 0 Å². The van der Waals surface area contributed by atoms with Gasteiger partial charge in [0.25, 0.3) is 0 Å². The van der Waals surface area contributed by atoms with E-state index in [-0.39, 0.29) is 6.42 Å². The first-order valence-electron chi connectivity index (χ1n) is 8.82. The van der Waals surface area contributed by atoms with Gasteiger partial charge in [0.05, 0.1) is 0 Å². The summed E-state index contributed by atoms with van der Waals surface area (Å²) in [6.45, 7) is 9.27. The van der Waals surface area contributed by atoms with Crippen molar-refractivity contribution in [3.05, 3.63) is 35.0 Å². The molecule has 0 aliphatic heterocycles. The van der Waals surface area contributed by atoms with Crippen LogP contribution in [0.25, 0.3) is 10.9 Å². The molecule has 6 nitrogen and oxygen atoms in total. The number of aryl methyl sites for hydroxylation is 2. The highest BCUT2D eigenvalue weighted by molar-refractivity contribution is 5.88. The second kappa shape index (κ2) is 7.40. The number of hydrogen-bond acceptors (Lipinski definition) is 3. The van der Waals surface area contributed by atoms with E-state index in [0.29, 0.717) is 0 Å². The number of ether oxygens (including phenoxy) is 1. The minimum atomic E-state index is -1.08. The molecule has 6 heteroatoms. The topological polar surface area (TPSA) is 80.6 Å². The number of amides is 1. The average molecular weight is 360 g/mol. The molecule has 0 aliphatic rings. The third-order valence-corrected chi connectivity index (χ3v) is 4.49. The first kappa shape index (κ1) is 19.8. The van der Waals surface area contributed by atoms with E-state index in [2.05, 4.69) is 35.0 Å². The van der Waals surface area contributed by atoms with Crippen molar-refractivity contribution >= 4 is 23.0 Å². The third kappa shape index (κ3) is 4.36. The Morgan fingerprint density at radius 3 is 2.50 bits per heavy atom. The summed E-state index contributed by atoms with van der Waals surface area (Å²) >= 11 is 0. The largest absolute Gasteiger partial charge is 0.480 e. The van der Waals surface area contributed by atoms with E-state index in [0.717, 1.165) is 28.6 Å². The molecule has 142 valence electrons. The van der Waals surface area contributed by atoms with Crippen molar-refractivity contribution in [2.45, 2.75) is 59.1 Å². The zero-order valence-electron chi connectivity index (χ0n) is 16.3. The summed E-state index contributed by atoms with van der Waals surface area (Å²) < 4.78 is 7.25. The summed E-state index contributed by atoms with van der Waals surface area (Å²) in [5.41, 5.74) is 3.48. The maximum Gasteiger partial charge on any atom is 0.408 e. The Hall–Kier alpha value is -2.50. The molecule has 0 aliphatic carbocycles. The first-order chi connectivity index (χ1) is 12.0. The summed E-state index contributed by atoms with van der Waals surface area (Å²) in [5.74, 6) is -1.08. The zero-order valence-corrected chi connectivity index (χ0v) is 16.3. The Labute approximate surface area is 154 Å². The summed E-state index contributed by atoms with van der Waals surface area (Å²) in [7, 11) is 1.96. The fourth-order valence-electron chi connectivity index (χ4n) is 3.03. The van der Waals surface area contributed by atoms with Crippen molar-refractivity contribution in [3.8, 4) is 0 Å². The van der Waals surface area contributed by atoms with Crippen LogP contribution in [0.5, 0.6) is 0 Å². The smallest absolute Gasteiger partial charge is 0.408 e. The van der Waals surface area contributed by atoms with Crippen LogP contribution in [0.2, 0.25) is 0 Å². The standard InChI is InChI=1S/C20H28N2O4/c1-7-13-8-9-17-15(10-13)14(12(2)22(17)6)11-16(18(23)24)21-19(25)26-20(3,4)5/h8-10,16H,7,11H2,1-6H3,(H,21,25)(H,23,24). The lowest BCUT2D eigenvalue weighted by molar-refractivity contribution is -0.139. The molecular formula is C20H28N2O4. The molecule has 0 saturated carbocycles. The molecule has 0 spiro atoms. The SMILES string of the molecule is CCc1ccc2c(c1)c(CC(NC(=O)OC(C)(C)C)C(=O)O)c(C)n2C. The summed E-state index contributed by atoms with van der Waals surface area (Å²) in [5, 5.41) is 13.1. The number of nitrogens with zero attached hydrogens (tertiary/aromatic N) is 1. The molecule has 2 aromatic rings. The predicted octanol–water partition coefficient (Wildman–Crippen LogP) is 3.57. The van der Waals surface area contributed by atoms with Crippen LogP contribution >= 0.6 is 0 Å². The molecule has 0 fully saturated rings. The molecule has 2 rings (SSSR count). The highest BCUT2D eigenvalue weighted by Gasteiger charge is 2.26. The fraction of sp³-hybridized carbons (Fsp3) is 0.500. The van der Waals surface area contributed by atoms with Gasteiger partial charge in [0.2, 0.25) is 0 Å². The molecule has 1 amide bonds. The van der Waals surface area contributed by atoms with Gasteiger partial charge in [0.15, 0.2) is 0 Å². The number of aromatic nitrogens is 1. The number of carbonyl (C=O) groups excluding carboxylic acids is 1. The van der Waals surface area contributed by atoms with Gasteiger partial charge in [-0.1, -0.05) is 13.0 Å². The average Bonchev–Trinajstić information content (AvgIpc) is 2.76. The predicted molar refractivity (Wildman–Crippen MR) is 102 cm³/mol. The number of rotatable bonds is 5. The van der Waals surface area contributed by atoms with E-state index < -0.39 is 23.7 Å². The number of carbonyl (C=O) groups is 2. The van der Waals surface area contributed by atoms with E-state index in [9.17, 15) is 14.7 Å². The van der Waals surface area contributed by atoms with Gasteiger partial charge in [-0.3, -0.25) is 0 Å².